The molecule has 0 radical (unpaired) electrons. The van der Waals surface area contributed by atoms with Gasteiger partial charge < -0.3 is 4.74 Å². The number of nitrogens with zero attached hydrogens (tertiary/aromatic N) is 2. The first-order valence-corrected chi connectivity index (χ1v) is 10.4. The zero-order valence-electron chi connectivity index (χ0n) is 15.3. The van der Waals surface area contributed by atoms with Crippen molar-refractivity contribution in [2.24, 2.45) is 0 Å². The topological polar surface area (TPSA) is 80.0 Å². The van der Waals surface area contributed by atoms with Crippen molar-refractivity contribution < 1.29 is 17.5 Å². The first-order chi connectivity index (χ1) is 13.3. The van der Waals surface area contributed by atoms with Gasteiger partial charge in [0, 0.05) is 17.4 Å². The Bertz CT molecular complexity index is 1150. The van der Waals surface area contributed by atoms with E-state index in [1.165, 1.54) is 24.3 Å². The number of halogens is 1. The molecule has 7 heteroatoms. The van der Waals surface area contributed by atoms with Crippen LogP contribution in [-0.2, 0) is 9.84 Å². The van der Waals surface area contributed by atoms with Crippen LogP contribution < -0.4 is 4.74 Å². The van der Waals surface area contributed by atoms with Crippen LogP contribution in [0.4, 0.5) is 4.39 Å². The van der Waals surface area contributed by atoms with Gasteiger partial charge in [-0.05, 0) is 55.0 Å². The highest BCUT2D eigenvalue weighted by atomic mass is 32.2. The van der Waals surface area contributed by atoms with Crippen LogP contribution in [0.2, 0.25) is 0 Å². The Morgan fingerprint density at radius 2 is 1.68 bits per heavy atom. The molecule has 0 atom stereocenters. The van der Waals surface area contributed by atoms with E-state index >= 15 is 0 Å². The summed E-state index contributed by atoms with van der Waals surface area (Å²) in [6.45, 7) is 2.13. The van der Waals surface area contributed by atoms with Gasteiger partial charge in [0.2, 0.25) is 5.88 Å². The molecule has 0 aliphatic heterocycles. The van der Waals surface area contributed by atoms with Gasteiger partial charge >= 0.3 is 0 Å². The summed E-state index contributed by atoms with van der Waals surface area (Å²) in [5.74, 6) is -0.178. The minimum Gasteiger partial charge on any atom is -0.477 e. The van der Waals surface area contributed by atoms with Crippen LogP contribution in [-0.4, -0.2) is 26.3 Å². The van der Waals surface area contributed by atoms with Gasteiger partial charge in [-0.3, -0.25) is 0 Å². The largest absolute Gasteiger partial charge is 0.477 e. The summed E-state index contributed by atoms with van der Waals surface area (Å²) in [5.41, 5.74) is 2.71. The maximum absolute atomic E-state index is 13.4. The van der Waals surface area contributed by atoms with Crippen molar-refractivity contribution >= 4 is 9.84 Å². The normalized spacial score (nSPS) is 11.1. The minimum atomic E-state index is -3.33. The molecular formula is C21H17FN2O3S. The summed E-state index contributed by atoms with van der Waals surface area (Å²) in [6.07, 6.45) is 1.14. The molecule has 0 aliphatic carbocycles. The second-order valence-electron chi connectivity index (χ2n) is 6.09. The van der Waals surface area contributed by atoms with Crippen molar-refractivity contribution in [3.05, 3.63) is 66.0 Å². The molecule has 3 aromatic rings. The SMILES string of the molecule is CCOc1nc(-c2ccc(F)cc2)c(-c2ccc(S(C)(=O)=O)cc2)cc1C#N. The van der Waals surface area contributed by atoms with Crippen LogP contribution in [0.3, 0.4) is 0 Å². The maximum Gasteiger partial charge on any atom is 0.232 e. The zero-order chi connectivity index (χ0) is 20.3. The first kappa shape index (κ1) is 19.5. The van der Waals surface area contributed by atoms with E-state index in [-0.39, 0.29) is 22.2 Å². The number of hydrogen-bond acceptors (Lipinski definition) is 5. The van der Waals surface area contributed by atoms with Gasteiger partial charge in [-0.25, -0.2) is 17.8 Å². The van der Waals surface area contributed by atoms with Crippen LogP contribution in [0.5, 0.6) is 5.88 Å². The van der Waals surface area contributed by atoms with E-state index in [1.807, 2.05) is 0 Å². The number of ether oxygens (including phenoxy) is 1. The van der Waals surface area contributed by atoms with Crippen LogP contribution in [0.15, 0.2) is 59.5 Å². The molecule has 0 N–H and O–H groups in total. The van der Waals surface area contributed by atoms with Crippen molar-refractivity contribution in [1.82, 2.24) is 4.98 Å². The Kier molecular flexibility index (Phi) is 5.43. The third kappa shape index (κ3) is 4.02. The summed E-state index contributed by atoms with van der Waals surface area (Å²) < 4.78 is 42.3. The molecule has 28 heavy (non-hydrogen) atoms. The number of rotatable bonds is 5. The highest BCUT2D eigenvalue weighted by Gasteiger charge is 2.17. The molecule has 0 aliphatic rings. The second-order valence-corrected chi connectivity index (χ2v) is 8.10. The number of pyridine rings is 1. The van der Waals surface area contributed by atoms with Crippen LogP contribution in [0.1, 0.15) is 12.5 Å². The molecule has 0 spiro atoms. The summed E-state index contributed by atoms with van der Waals surface area (Å²) in [4.78, 5) is 4.69. The summed E-state index contributed by atoms with van der Waals surface area (Å²) in [6, 6.07) is 15.9. The van der Waals surface area contributed by atoms with Gasteiger partial charge in [-0.15, -0.1) is 0 Å². The van der Waals surface area contributed by atoms with Gasteiger partial charge in [0.1, 0.15) is 17.4 Å². The van der Waals surface area contributed by atoms with Crippen molar-refractivity contribution in [1.29, 1.82) is 5.26 Å². The molecule has 0 saturated carbocycles. The van der Waals surface area contributed by atoms with Gasteiger partial charge in [-0.2, -0.15) is 5.26 Å². The summed E-state index contributed by atoms with van der Waals surface area (Å²) in [7, 11) is -3.33. The lowest BCUT2D eigenvalue weighted by Gasteiger charge is -2.14. The highest BCUT2D eigenvalue weighted by molar-refractivity contribution is 7.90. The van der Waals surface area contributed by atoms with E-state index in [9.17, 15) is 18.1 Å². The first-order valence-electron chi connectivity index (χ1n) is 8.48. The molecule has 0 amide bonds. The maximum atomic E-state index is 13.4. The fraction of sp³-hybridized carbons (Fsp3) is 0.143. The number of benzene rings is 2. The molecule has 5 nitrogen and oxygen atoms in total. The van der Waals surface area contributed by atoms with Crippen LogP contribution >= 0.6 is 0 Å². The average Bonchev–Trinajstić information content (AvgIpc) is 2.68. The second kappa shape index (κ2) is 7.79. The number of aromatic nitrogens is 1. The molecule has 0 fully saturated rings. The van der Waals surface area contributed by atoms with Crippen molar-refractivity contribution in [2.45, 2.75) is 11.8 Å². The Morgan fingerprint density at radius 3 is 2.21 bits per heavy atom. The van der Waals surface area contributed by atoms with E-state index in [4.69, 9.17) is 4.74 Å². The van der Waals surface area contributed by atoms with E-state index in [0.717, 1.165) is 6.26 Å². The monoisotopic (exact) mass is 396 g/mol. The molecule has 0 bridgehead atoms. The molecule has 1 heterocycles. The van der Waals surface area contributed by atoms with E-state index in [0.29, 0.717) is 29.0 Å². The number of sulfone groups is 1. The number of hydrogen-bond donors (Lipinski definition) is 0. The van der Waals surface area contributed by atoms with E-state index in [1.54, 1.807) is 37.3 Å². The highest BCUT2D eigenvalue weighted by Crippen LogP contribution is 2.35. The molecule has 1 aromatic heterocycles. The number of nitriles is 1. The van der Waals surface area contributed by atoms with Crippen molar-refractivity contribution in [2.75, 3.05) is 12.9 Å². The summed E-state index contributed by atoms with van der Waals surface area (Å²) >= 11 is 0. The molecule has 142 valence electrons. The van der Waals surface area contributed by atoms with Crippen LogP contribution in [0.25, 0.3) is 22.4 Å². The fourth-order valence-corrected chi connectivity index (χ4v) is 3.38. The Labute approximate surface area is 163 Å². The molecule has 0 unspecified atom stereocenters. The fourth-order valence-electron chi connectivity index (χ4n) is 2.75. The minimum absolute atomic E-state index is 0.194. The van der Waals surface area contributed by atoms with E-state index < -0.39 is 9.84 Å². The molecular weight excluding hydrogens is 379 g/mol. The Hall–Kier alpha value is -3.24. The van der Waals surface area contributed by atoms with Gasteiger partial charge in [0.05, 0.1) is 17.2 Å². The zero-order valence-corrected chi connectivity index (χ0v) is 16.1. The van der Waals surface area contributed by atoms with Gasteiger partial charge in [-0.1, -0.05) is 12.1 Å². The lowest BCUT2D eigenvalue weighted by Crippen LogP contribution is -2.01. The molecule has 2 aromatic carbocycles. The average molecular weight is 396 g/mol. The van der Waals surface area contributed by atoms with Gasteiger partial charge in [0.25, 0.3) is 0 Å². The van der Waals surface area contributed by atoms with E-state index in [2.05, 4.69) is 11.1 Å². The Balaban J connectivity index is 2.23. The molecule has 3 rings (SSSR count). The third-order valence-electron chi connectivity index (χ3n) is 4.10. The standard InChI is InChI=1S/C21H17FN2O3S/c1-3-27-21-16(13-23)12-19(14-6-10-18(11-7-14)28(2,25)26)20(24-21)15-4-8-17(22)9-5-15/h4-12H,3H2,1-2H3. The lowest BCUT2D eigenvalue weighted by atomic mass is 9.98. The predicted molar refractivity (Wildman–Crippen MR) is 104 cm³/mol. The Morgan fingerprint density at radius 1 is 1.07 bits per heavy atom. The van der Waals surface area contributed by atoms with Gasteiger partial charge in [0.15, 0.2) is 9.84 Å². The lowest BCUT2D eigenvalue weighted by molar-refractivity contribution is 0.326. The third-order valence-corrected chi connectivity index (χ3v) is 5.23. The summed E-state index contributed by atoms with van der Waals surface area (Å²) in [5, 5.41) is 9.47. The predicted octanol–water partition coefficient (Wildman–Crippen LogP) is 4.23. The smallest absolute Gasteiger partial charge is 0.232 e. The van der Waals surface area contributed by atoms with Crippen molar-refractivity contribution in [3.63, 3.8) is 0 Å². The quantitative estimate of drug-likeness (QED) is 0.645. The molecule has 0 saturated heterocycles. The van der Waals surface area contributed by atoms with Crippen LogP contribution in [0, 0.1) is 17.1 Å². The van der Waals surface area contributed by atoms with Crippen molar-refractivity contribution in [3.8, 4) is 34.3 Å².